The van der Waals surface area contributed by atoms with Crippen molar-refractivity contribution in [3.05, 3.63) is 29.3 Å². The van der Waals surface area contributed by atoms with Gasteiger partial charge in [0.2, 0.25) is 5.95 Å². The van der Waals surface area contributed by atoms with Gasteiger partial charge in [-0.05, 0) is 16.4 Å². The number of nitrogens with two attached hydrogens (primary N) is 2. The molecule has 20 nitrogen and oxygen atoms in total. The molecule has 5 unspecified atom stereocenters. The number of rotatable bonds is 10. The van der Waals surface area contributed by atoms with Crippen molar-refractivity contribution in [1.29, 1.82) is 0 Å². The molecule has 2 fully saturated rings. The Hall–Kier alpha value is -2.79. The zero-order valence-electron chi connectivity index (χ0n) is 22.4. The number of H-pyrrole nitrogens is 1. The van der Waals surface area contributed by atoms with Crippen LogP contribution in [0.2, 0.25) is 0 Å². The van der Waals surface area contributed by atoms with E-state index in [9.17, 15) is 24.5 Å². The van der Waals surface area contributed by atoms with E-state index in [4.69, 9.17) is 46.3 Å². The maximum absolute atomic E-state index is 15.7. The fourth-order valence-corrected chi connectivity index (χ4v) is 7.23. The van der Waals surface area contributed by atoms with Crippen LogP contribution in [-0.2, 0) is 39.4 Å². The normalized spacial score (nSPS) is 30.3. The number of halogens is 1. The molecule has 2 aliphatic heterocycles. The van der Waals surface area contributed by atoms with Crippen LogP contribution in [0.25, 0.3) is 22.3 Å². The number of hydrogen-bond donors (Lipinski definition) is 7. The molecule has 4 aromatic rings. The van der Waals surface area contributed by atoms with E-state index in [1.807, 2.05) is 0 Å². The Morgan fingerprint density at radius 1 is 1.11 bits per heavy atom. The second kappa shape index (κ2) is 12.4. The first-order valence-corrected chi connectivity index (χ1v) is 17.7. The Morgan fingerprint density at radius 2 is 1.80 bits per heavy atom. The molecule has 2 saturated heterocycles. The van der Waals surface area contributed by atoms with E-state index in [0.29, 0.717) is 0 Å². The van der Waals surface area contributed by atoms with Crippen LogP contribution >= 0.6 is 26.2 Å². The van der Waals surface area contributed by atoms with E-state index in [-0.39, 0.29) is 34.1 Å². The Bertz CT molecular complexity index is 1870. The fourth-order valence-electron chi connectivity index (χ4n) is 5.03. The van der Waals surface area contributed by atoms with Crippen molar-refractivity contribution >= 4 is 72.1 Å². The Balaban J connectivity index is 1.22. The number of fused-ring (bicyclic) bond motifs is 2. The van der Waals surface area contributed by atoms with Gasteiger partial charge in [-0.25, -0.2) is 24.3 Å². The van der Waals surface area contributed by atoms with E-state index < -0.39 is 81.9 Å². The van der Waals surface area contributed by atoms with Gasteiger partial charge < -0.3 is 40.6 Å². The molecule has 6 heterocycles. The third kappa shape index (κ3) is 6.06. The topological polar surface area (TPSA) is 283 Å². The first-order chi connectivity index (χ1) is 21.4. The number of ether oxygens (including phenoxy) is 2. The van der Waals surface area contributed by atoms with Gasteiger partial charge in [-0.1, -0.05) is 0 Å². The van der Waals surface area contributed by atoms with Crippen molar-refractivity contribution in [2.24, 2.45) is 0 Å². The third-order valence-corrected chi connectivity index (χ3v) is 9.28. The number of aliphatic hydroxyl groups is 2. The van der Waals surface area contributed by atoms with Crippen molar-refractivity contribution in [3.63, 3.8) is 0 Å². The number of aromatic nitrogens is 8. The predicted molar refractivity (Wildman–Crippen MR) is 157 cm³/mol. The van der Waals surface area contributed by atoms with E-state index in [1.54, 1.807) is 0 Å². The van der Waals surface area contributed by atoms with E-state index in [2.05, 4.69) is 42.2 Å². The quantitative estimate of drug-likeness (QED) is 0.0784. The molecular weight excluding hydrogens is 685 g/mol. The maximum atomic E-state index is 15.7. The van der Waals surface area contributed by atoms with Crippen molar-refractivity contribution in [2.75, 3.05) is 24.7 Å². The summed E-state index contributed by atoms with van der Waals surface area (Å²) in [7, 11) is -2.62. The van der Waals surface area contributed by atoms with E-state index in [1.165, 1.54) is 15.5 Å². The van der Waals surface area contributed by atoms with Crippen LogP contribution in [0, 0.1) is 0 Å². The molecule has 6 rings (SSSR count). The lowest BCUT2D eigenvalue weighted by atomic mass is 10.1. The summed E-state index contributed by atoms with van der Waals surface area (Å²) in [5.74, 6) is -0.189. The number of thiol groups is 1. The van der Waals surface area contributed by atoms with Crippen LogP contribution in [-0.4, -0.2) is 104 Å². The number of aliphatic hydroxyl groups excluding tert-OH is 2. The lowest BCUT2D eigenvalue weighted by Gasteiger charge is -2.27. The van der Waals surface area contributed by atoms with Crippen LogP contribution in [0.5, 0.6) is 0 Å². The lowest BCUT2D eigenvalue weighted by molar-refractivity contribution is -0.0542. The highest BCUT2D eigenvalue weighted by atomic mass is 32.7. The number of anilines is 2. The minimum atomic E-state index is -4.33. The summed E-state index contributed by atoms with van der Waals surface area (Å²) in [5.41, 5.74) is 11.0. The van der Waals surface area contributed by atoms with Crippen molar-refractivity contribution in [3.8, 4) is 0 Å². The molecule has 25 heteroatoms. The van der Waals surface area contributed by atoms with Gasteiger partial charge in [-0.2, -0.15) is 4.98 Å². The molecule has 45 heavy (non-hydrogen) atoms. The Morgan fingerprint density at radius 3 is 2.51 bits per heavy atom. The minimum absolute atomic E-state index is 0.0472. The zero-order chi connectivity index (χ0) is 32.2. The maximum Gasteiger partial charge on any atom is 0.582 e. The lowest BCUT2D eigenvalue weighted by Crippen LogP contribution is -2.35. The second-order valence-corrected chi connectivity index (χ2v) is 14.2. The number of aromatic amines is 1. The van der Waals surface area contributed by atoms with Crippen molar-refractivity contribution in [2.45, 2.75) is 49.1 Å². The van der Waals surface area contributed by atoms with Crippen LogP contribution in [0.15, 0.2) is 23.8 Å². The highest BCUT2D eigenvalue weighted by molar-refractivity contribution is 8.39. The summed E-state index contributed by atoms with van der Waals surface area (Å²) < 4.78 is 57.8. The first-order valence-electron chi connectivity index (χ1n) is 12.8. The molecule has 0 spiro atoms. The SMILES string of the molecule is Nc1nc2c(ncn2[C@@H]2O[C@H](CO)C(O)C2OP(O)(=S)OC[C@H]2O[C@@H](n3cnc4c(N)ncnc43)C(F)[C@H]2O[P+](=O)S)c(=O)[nH]1. The number of imidazole rings is 2. The molecule has 0 saturated carbocycles. The molecule has 4 aromatic heterocycles. The van der Waals surface area contributed by atoms with Crippen LogP contribution in [0.1, 0.15) is 12.5 Å². The van der Waals surface area contributed by atoms with Crippen molar-refractivity contribution < 1.29 is 47.1 Å². The molecule has 0 amide bonds. The molecule has 8 N–H and O–H groups in total. The predicted octanol–water partition coefficient (Wildman–Crippen LogP) is -0.799. The number of hydrogen-bond acceptors (Lipinski definition) is 17. The standard InChI is InChI=1S/C20H23FN10O10P2S2/c21-8-12(40-42(35)44)7(39-18(8)30-4-26-9-14(22)24-3-25-15(9)30)2-37-43(36,45)41-13-11(33)6(1-32)38-19(13)31-5-27-10-16(31)28-20(23)29-17(10)34/h3-8,11-13,18-19,32-33H,1-2H2,(H6-,22,23,24,25,28,29,34,35,36,44,45)/p+1/t6-,7-,8?,11?,12+,13?,18-,19-,43?/m1/s1. The van der Waals surface area contributed by atoms with Gasteiger partial charge in [-0.15, -0.1) is 4.52 Å². The molecule has 2 aliphatic rings. The second-order valence-electron chi connectivity index (χ2n) is 9.75. The monoisotopic (exact) mass is 709 g/mol. The molecule has 0 aliphatic carbocycles. The van der Waals surface area contributed by atoms with Gasteiger partial charge >= 0.3 is 13.9 Å². The Labute approximate surface area is 261 Å². The van der Waals surface area contributed by atoms with Gasteiger partial charge in [0.05, 0.1) is 25.9 Å². The molecule has 0 bridgehead atoms. The molecular formula is C20H24FN10O10P2S2+. The number of nitrogen functional groups attached to an aromatic ring is 2. The van der Waals surface area contributed by atoms with Gasteiger partial charge in [-0.3, -0.25) is 23.4 Å². The molecule has 242 valence electrons. The summed E-state index contributed by atoms with van der Waals surface area (Å²) in [6.45, 7) is -5.64. The zero-order valence-corrected chi connectivity index (χ0v) is 25.9. The number of alkyl halides is 1. The largest absolute Gasteiger partial charge is 0.582 e. The van der Waals surface area contributed by atoms with Crippen LogP contribution in [0.4, 0.5) is 16.2 Å². The average Bonchev–Trinajstić information content (AvgIpc) is 3.73. The molecule has 10 atom stereocenters. The number of nitrogens with zero attached hydrogens (tertiary/aromatic N) is 7. The minimum Gasteiger partial charge on any atom is -0.394 e. The summed E-state index contributed by atoms with van der Waals surface area (Å²) in [6, 6.07) is 0. The highest BCUT2D eigenvalue weighted by Gasteiger charge is 2.53. The van der Waals surface area contributed by atoms with Gasteiger partial charge in [0, 0.05) is 0 Å². The van der Waals surface area contributed by atoms with Crippen LogP contribution < -0.4 is 17.0 Å². The van der Waals surface area contributed by atoms with E-state index in [0.717, 1.165) is 12.7 Å². The first kappa shape index (κ1) is 32.2. The third-order valence-electron chi connectivity index (χ3n) is 7.01. The molecule has 0 radical (unpaired) electrons. The number of nitrogens with one attached hydrogen (secondary N) is 1. The van der Waals surface area contributed by atoms with Crippen LogP contribution in [0.3, 0.4) is 0 Å². The van der Waals surface area contributed by atoms with E-state index >= 15 is 4.39 Å². The summed E-state index contributed by atoms with van der Waals surface area (Å²) >= 11 is 8.89. The van der Waals surface area contributed by atoms with Gasteiger partial charge in [0.1, 0.15) is 48.5 Å². The highest BCUT2D eigenvalue weighted by Crippen LogP contribution is 2.51. The molecule has 0 aromatic carbocycles. The van der Waals surface area contributed by atoms with Gasteiger partial charge in [0.25, 0.3) is 5.56 Å². The Kier molecular flexibility index (Phi) is 8.89. The summed E-state index contributed by atoms with van der Waals surface area (Å²) in [4.78, 5) is 45.6. The fraction of sp³-hybridized carbons (Fsp3) is 0.500. The van der Waals surface area contributed by atoms with Gasteiger partial charge in [0.15, 0.2) is 47.4 Å². The smallest absolute Gasteiger partial charge is 0.394 e. The summed E-state index contributed by atoms with van der Waals surface area (Å²) in [5, 5.41) is 20.6. The van der Waals surface area contributed by atoms with Crippen molar-refractivity contribution in [1.82, 2.24) is 39.0 Å². The summed E-state index contributed by atoms with van der Waals surface area (Å²) in [6.07, 6.45) is -8.30. The average molecular weight is 710 g/mol.